The number of esters is 1. The summed E-state index contributed by atoms with van der Waals surface area (Å²) in [6.07, 6.45) is 3.60. The number of carbonyl (C=O) groups excluding carboxylic acids is 1. The Labute approximate surface area is 107 Å². The highest BCUT2D eigenvalue weighted by molar-refractivity contribution is 5.89. The monoisotopic (exact) mass is 252 g/mol. The lowest BCUT2D eigenvalue weighted by Crippen LogP contribution is -2.53. The van der Waals surface area contributed by atoms with E-state index in [-0.39, 0.29) is 22.7 Å². The van der Waals surface area contributed by atoms with Gasteiger partial charge in [-0.3, -0.25) is 0 Å². The molecule has 1 aliphatic carbocycles. The van der Waals surface area contributed by atoms with Crippen LogP contribution in [0.2, 0.25) is 0 Å². The van der Waals surface area contributed by atoms with E-state index in [1.165, 1.54) is 7.11 Å². The lowest BCUT2D eigenvalue weighted by molar-refractivity contribution is -0.235. The lowest BCUT2D eigenvalue weighted by atomic mass is 9.60. The van der Waals surface area contributed by atoms with Crippen LogP contribution in [0.4, 0.5) is 0 Å². The third-order valence-electron chi connectivity index (χ3n) is 5.75. The fraction of sp³-hybridized carbons (Fsp3) is 0.786. The van der Waals surface area contributed by atoms with E-state index in [2.05, 4.69) is 13.8 Å². The van der Waals surface area contributed by atoms with Crippen LogP contribution in [0, 0.1) is 16.7 Å². The zero-order valence-electron chi connectivity index (χ0n) is 11.4. The first kappa shape index (κ1) is 12.0. The van der Waals surface area contributed by atoms with Gasteiger partial charge in [0.05, 0.1) is 25.6 Å². The Morgan fingerprint density at radius 3 is 2.83 bits per heavy atom. The van der Waals surface area contributed by atoms with Crippen molar-refractivity contribution in [2.75, 3.05) is 13.7 Å². The Bertz CT molecular complexity index is 443. The smallest absolute Gasteiger partial charge is 0.337 e. The van der Waals surface area contributed by atoms with Gasteiger partial charge in [-0.2, -0.15) is 0 Å². The Hall–Kier alpha value is -1.03. The molecule has 0 spiro atoms. The summed E-state index contributed by atoms with van der Waals surface area (Å²) in [7, 11) is 1.42. The van der Waals surface area contributed by atoms with Crippen molar-refractivity contribution in [1.82, 2.24) is 0 Å². The van der Waals surface area contributed by atoms with Gasteiger partial charge in [0.15, 0.2) is 0 Å². The number of carbonyl (C=O) groups is 1. The summed E-state index contributed by atoms with van der Waals surface area (Å²) in [5, 5.41) is 0. The molecule has 0 radical (unpaired) electrons. The summed E-state index contributed by atoms with van der Waals surface area (Å²) in [6.45, 7) is 7.11. The summed E-state index contributed by atoms with van der Waals surface area (Å²) in [6, 6.07) is 0. The molecule has 4 atom stereocenters. The zero-order valence-corrected chi connectivity index (χ0v) is 11.4. The van der Waals surface area contributed by atoms with Crippen molar-refractivity contribution in [3.8, 4) is 0 Å². The molecule has 0 amide bonds. The van der Waals surface area contributed by atoms with E-state index in [9.17, 15) is 4.79 Å². The van der Waals surface area contributed by atoms with Crippen LogP contribution in [-0.2, 0) is 19.0 Å². The molecule has 18 heavy (non-hydrogen) atoms. The molecule has 0 N–H and O–H groups in total. The Morgan fingerprint density at radius 2 is 2.17 bits per heavy atom. The van der Waals surface area contributed by atoms with Crippen molar-refractivity contribution in [2.24, 2.45) is 16.7 Å². The summed E-state index contributed by atoms with van der Waals surface area (Å²) in [4.78, 5) is 11.9. The van der Waals surface area contributed by atoms with Crippen molar-refractivity contribution < 1.29 is 19.0 Å². The van der Waals surface area contributed by atoms with Crippen LogP contribution in [0.25, 0.3) is 0 Å². The third-order valence-corrected chi connectivity index (χ3v) is 5.75. The van der Waals surface area contributed by atoms with Gasteiger partial charge < -0.3 is 14.2 Å². The fourth-order valence-corrected chi connectivity index (χ4v) is 4.15. The molecule has 1 saturated heterocycles. The van der Waals surface area contributed by atoms with E-state index in [0.29, 0.717) is 12.2 Å². The van der Waals surface area contributed by atoms with E-state index in [1.807, 2.05) is 6.92 Å². The van der Waals surface area contributed by atoms with Crippen molar-refractivity contribution in [3.05, 3.63) is 11.8 Å². The van der Waals surface area contributed by atoms with Crippen molar-refractivity contribution in [1.29, 1.82) is 0 Å². The maximum atomic E-state index is 11.9. The van der Waals surface area contributed by atoms with Gasteiger partial charge in [0.2, 0.25) is 5.79 Å². The minimum Gasteiger partial charge on any atom is -0.469 e. The first-order valence-corrected chi connectivity index (χ1v) is 6.48. The highest BCUT2D eigenvalue weighted by Crippen LogP contribution is 2.69. The normalized spacial score (nSPS) is 49.3. The molecule has 0 aromatic heterocycles. The summed E-state index contributed by atoms with van der Waals surface area (Å²) >= 11 is 0. The van der Waals surface area contributed by atoms with Gasteiger partial charge >= 0.3 is 5.97 Å². The standard InChI is InChI=1S/C14H20O4/c1-12-6-5-10-9(11(15)16-4)7-17-14(3,18-8-12)13(10,12)2/h7,10H,5-6,8H2,1-4H3/t10-,12+,13?,14?/m1/s1. The molecule has 100 valence electrons. The Balaban J connectivity index is 2.11. The molecular formula is C14H20O4. The second-order valence-electron chi connectivity index (χ2n) is 6.27. The summed E-state index contributed by atoms with van der Waals surface area (Å²) in [5.41, 5.74) is 0.560. The van der Waals surface area contributed by atoms with E-state index in [1.54, 1.807) is 6.26 Å². The van der Waals surface area contributed by atoms with Crippen LogP contribution in [-0.4, -0.2) is 25.5 Å². The largest absolute Gasteiger partial charge is 0.469 e. The highest BCUT2D eigenvalue weighted by Gasteiger charge is 2.72. The highest BCUT2D eigenvalue weighted by atomic mass is 16.7. The van der Waals surface area contributed by atoms with E-state index >= 15 is 0 Å². The molecule has 3 aliphatic rings. The Morgan fingerprint density at radius 1 is 1.44 bits per heavy atom. The minimum atomic E-state index is -0.625. The first-order valence-electron chi connectivity index (χ1n) is 6.48. The van der Waals surface area contributed by atoms with Gasteiger partial charge in [0.25, 0.3) is 0 Å². The van der Waals surface area contributed by atoms with Crippen LogP contribution in [0.1, 0.15) is 33.6 Å². The quantitative estimate of drug-likeness (QED) is 0.671. The number of hydrogen-bond acceptors (Lipinski definition) is 4. The molecule has 0 aromatic rings. The van der Waals surface area contributed by atoms with Gasteiger partial charge in [0.1, 0.15) is 0 Å². The van der Waals surface area contributed by atoms with Gasteiger partial charge in [0, 0.05) is 23.7 Å². The van der Waals surface area contributed by atoms with E-state index < -0.39 is 5.79 Å². The molecule has 2 fully saturated rings. The van der Waals surface area contributed by atoms with Crippen molar-refractivity contribution in [2.45, 2.75) is 39.4 Å². The van der Waals surface area contributed by atoms with Crippen LogP contribution in [0.5, 0.6) is 0 Å². The lowest BCUT2D eigenvalue weighted by Gasteiger charge is -2.48. The zero-order chi connectivity index (χ0) is 13.2. The van der Waals surface area contributed by atoms with Crippen LogP contribution >= 0.6 is 0 Å². The second kappa shape index (κ2) is 3.29. The SMILES string of the molecule is COC(=O)C1=COC2(C)OC[C@]3(C)CC[C@H]1C23C. The van der Waals surface area contributed by atoms with Gasteiger partial charge in [-0.15, -0.1) is 0 Å². The number of rotatable bonds is 1. The first-order chi connectivity index (χ1) is 8.38. The average Bonchev–Trinajstić information content (AvgIpc) is 2.74. The predicted octanol–water partition coefficient (Wildman–Crippen LogP) is 2.24. The molecule has 2 aliphatic heterocycles. The summed E-state index contributed by atoms with van der Waals surface area (Å²) in [5.74, 6) is -0.740. The predicted molar refractivity (Wildman–Crippen MR) is 64.5 cm³/mol. The maximum Gasteiger partial charge on any atom is 0.337 e. The molecule has 2 unspecified atom stereocenters. The number of ether oxygens (including phenoxy) is 3. The number of hydrogen-bond donors (Lipinski definition) is 0. The van der Waals surface area contributed by atoms with Crippen LogP contribution < -0.4 is 0 Å². The molecule has 3 rings (SSSR count). The number of methoxy groups -OCH3 is 1. The van der Waals surface area contributed by atoms with E-state index in [4.69, 9.17) is 14.2 Å². The maximum absolute atomic E-state index is 11.9. The van der Waals surface area contributed by atoms with Crippen molar-refractivity contribution in [3.63, 3.8) is 0 Å². The minimum absolute atomic E-state index is 0.0694. The topological polar surface area (TPSA) is 44.8 Å². The van der Waals surface area contributed by atoms with Crippen LogP contribution in [0.15, 0.2) is 11.8 Å². The molecule has 0 bridgehead atoms. The molecule has 4 nitrogen and oxygen atoms in total. The molecular weight excluding hydrogens is 232 g/mol. The van der Waals surface area contributed by atoms with Crippen LogP contribution in [0.3, 0.4) is 0 Å². The molecule has 4 heteroatoms. The van der Waals surface area contributed by atoms with Gasteiger partial charge in [-0.25, -0.2) is 4.79 Å². The third kappa shape index (κ3) is 1.08. The average molecular weight is 252 g/mol. The molecule has 0 aromatic carbocycles. The fourth-order valence-electron chi connectivity index (χ4n) is 4.15. The van der Waals surface area contributed by atoms with Crippen molar-refractivity contribution >= 4 is 5.97 Å². The van der Waals surface area contributed by atoms with Gasteiger partial charge in [-0.05, 0) is 12.8 Å². The van der Waals surface area contributed by atoms with E-state index in [0.717, 1.165) is 12.8 Å². The molecule has 1 saturated carbocycles. The second-order valence-corrected chi connectivity index (χ2v) is 6.27. The Kier molecular flexibility index (Phi) is 2.20. The van der Waals surface area contributed by atoms with Gasteiger partial charge in [-0.1, -0.05) is 13.8 Å². The summed E-state index contributed by atoms with van der Waals surface area (Å²) < 4.78 is 16.6. The molecule has 2 heterocycles.